The van der Waals surface area contributed by atoms with Crippen LogP contribution >= 0.6 is 0 Å². The summed E-state index contributed by atoms with van der Waals surface area (Å²) in [5.74, 6) is -2.12. The summed E-state index contributed by atoms with van der Waals surface area (Å²) >= 11 is 0. The van der Waals surface area contributed by atoms with Crippen molar-refractivity contribution >= 4 is 28.7 Å². The van der Waals surface area contributed by atoms with Gasteiger partial charge in [0.2, 0.25) is 5.91 Å². The maximum atomic E-state index is 14.2. The number of amides is 1. The Morgan fingerprint density at radius 3 is 2.88 bits per heavy atom. The zero-order chi connectivity index (χ0) is 22.2. The van der Waals surface area contributed by atoms with Crippen LogP contribution in [0.1, 0.15) is 24.0 Å². The molecule has 1 aliphatic heterocycles. The van der Waals surface area contributed by atoms with Crippen LogP contribution < -0.4 is 5.32 Å². The predicted molar refractivity (Wildman–Crippen MR) is 112 cm³/mol. The summed E-state index contributed by atoms with van der Waals surface area (Å²) in [6.45, 7) is 2.00. The number of nitrogens with one attached hydrogen (secondary N) is 1. The average Bonchev–Trinajstić information content (AvgIpc) is 3.32. The van der Waals surface area contributed by atoms with Crippen molar-refractivity contribution in [3.05, 3.63) is 65.7 Å². The van der Waals surface area contributed by atoms with Gasteiger partial charge in [0.15, 0.2) is 17.4 Å². The number of halogens is 1. The second kappa shape index (κ2) is 7.80. The summed E-state index contributed by atoms with van der Waals surface area (Å²) in [6, 6.07) is 10.0. The quantitative estimate of drug-likeness (QED) is 0.381. The van der Waals surface area contributed by atoms with Crippen molar-refractivity contribution in [2.75, 3.05) is 11.9 Å². The summed E-state index contributed by atoms with van der Waals surface area (Å²) in [5.41, 5.74) is 1.79. The summed E-state index contributed by atoms with van der Waals surface area (Å²) in [7, 11) is 0. The van der Waals surface area contributed by atoms with Crippen molar-refractivity contribution in [3.63, 3.8) is 0 Å². The smallest absolute Gasteiger partial charge is 0.323 e. The number of ether oxygens (including phenoxy) is 1. The monoisotopic (exact) mass is 432 g/mol. The van der Waals surface area contributed by atoms with Crippen molar-refractivity contribution < 1.29 is 18.7 Å². The zero-order valence-electron chi connectivity index (χ0n) is 16.9. The van der Waals surface area contributed by atoms with Gasteiger partial charge in [-0.15, -0.1) is 0 Å². The van der Waals surface area contributed by atoms with Crippen LogP contribution in [-0.2, 0) is 20.9 Å². The number of nitrogens with zero attached hydrogens (tertiary/aromatic N) is 5. The highest BCUT2D eigenvalue weighted by molar-refractivity contribution is 6.14. The third kappa shape index (κ3) is 3.25. The number of hydrogen-bond acceptors (Lipinski definition) is 7. The van der Waals surface area contributed by atoms with E-state index in [1.807, 2.05) is 6.07 Å². The summed E-state index contributed by atoms with van der Waals surface area (Å²) in [4.78, 5) is 37.6. The van der Waals surface area contributed by atoms with Gasteiger partial charge in [-0.05, 0) is 25.1 Å². The number of esters is 1. The minimum Gasteiger partial charge on any atom is -0.465 e. The molecule has 4 heterocycles. The first-order valence-electron chi connectivity index (χ1n) is 9.96. The van der Waals surface area contributed by atoms with Crippen molar-refractivity contribution in [3.8, 4) is 11.5 Å². The van der Waals surface area contributed by atoms with Crippen LogP contribution in [0.25, 0.3) is 22.6 Å². The van der Waals surface area contributed by atoms with Gasteiger partial charge in [-0.1, -0.05) is 18.2 Å². The molecule has 1 aliphatic rings. The Bertz CT molecular complexity index is 1370. The highest BCUT2D eigenvalue weighted by Gasteiger charge is 2.39. The Hall–Kier alpha value is -4.21. The zero-order valence-corrected chi connectivity index (χ0v) is 16.9. The highest BCUT2D eigenvalue weighted by Crippen LogP contribution is 2.34. The second-order valence-electron chi connectivity index (χ2n) is 7.14. The van der Waals surface area contributed by atoms with Crippen LogP contribution in [0, 0.1) is 5.82 Å². The molecule has 4 aromatic rings. The first-order chi connectivity index (χ1) is 15.6. The molecule has 1 atom stereocenters. The van der Waals surface area contributed by atoms with Crippen molar-refractivity contribution in [1.29, 1.82) is 0 Å². The van der Waals surface area contributed by atoms with Gasteiger partial charge in [0.25, 0.3) is 0 Å². The molecule has 5 rings (SSSR count). The van der Waals surface area contributed by atoms with Gasteiger partial charge in [0, 0.05) is 23.5 Å². The molecule has 0 fully saturated rings. The number of fused-ring (bicyclic) bond motifs is 2. The van der Waals surface area contributed by atoms with Crippen molar-refractivity contribution in [2.45, 2.75) is 19.4 Å². The Kier molecular flexibility index (Phi) is 4.81. The number of carbonyl (C=O) groups is 2. The summed E-state index contributed by atoms with van der Waals surface area (Å²) in [6.07, 6.45) is 3.05. The largest absolute Gasteiger partial charge is 0.465 e. The van der Waals surface area contributed by atoms with Gasteiger partial charge < -0.3 is 10.1 Å². The fourth-order valence-electron chi connectivity index (χ4n) is 3.68. The van der Waals surface area contributed by atoms with Gasteiger partial charge >= 0.3 is 5.97 Å². The molecule has 1 unspecified atom stereocenters. The first kappa shape index (κ1) is 19.7. The number of carbonyl (C=O) groups excluding carboxylic acids is 2. The molecule has 0 spiro atoms. The average molecular weight is 432 g/mol. The summed E-state index contributed by atoms with van der Waals surface area (Å²) in [5, 5.41) is 7.87. The topological polar surface area (TPSA) is 112 Å². The molecule has 9 nitrogen and oxygen atoms in total. The molecule has 0 radical (unpaired) electrons. The van der Waals surface area contributed by atoms with E-state index in [9.17, 15) is 14.0 Å². The lowest BCUT2D eigenvalue weighted by atomic mass is 10.0. The van der Waals surface area contributed by atoms with E-state index < -0.39 is 17.8 Å². The Labute approximate surface area is 181 Å². The third-order valence-electron chi connectivity index (χ3n) is 5.15. The Morgan fingerprint density at radius 1 is 1.22 bits per heavy atom. The highest BCUT2D eigenvalue weighted by atomic mass is 19.1. The van der Waals surface area contributed by atoms with Gasteiger partial charge in [0.05, 0.1) is 18.5 Å². The molecule has 1 aromatic carbocycles. The Balaban J connectivity index is 1.56. The molecule has 160 valence electrons. The summed E-state index contributed by atoms with van der Waals surface area (Å²) < 4.78 is 20.8. The van der Waals surface area contributed by atoms with E-state index in [2.05, 4.69) is 25.4 Å². The maximum Gasteiger partial charge on any atom is 0.323 e. The lowest BCUT2D eigenvalue weighted by Crippen LogP contribution is -2.23. The van der Waals surface area contributed by atoms with Crippen LogP contribution in [0.15, 0.2) is 48.8 Å². The van der Waals surface area contributed by atoms with E-state index in [1.54, 1.807) is 42.1 Å². The molecule has 1 amide bonds. The van der Waals surface area contributed by atoms with E-state index in [0.717, 1.165) is 0 Å². The number of anilines is 1. The molecule has 32 heavy (non-hydrogen) atoms. The van der Waals surface area contributed by atoms with E-state index in [0.29, 0.717) is 27.9 Å². The number of hydrogen-bond donors (Lipinski definition) is 1. The van der Waals surface area contributed by atoms with Crippen LogP contribution in [0.3, 0.4) is 0 Å². The molecular formula is C22H17FN6O3. The molecular weight excluding hydrogens is 415 g/mol. The molecule has 0 saturated carbocycles. The SMILES string of the molecule is CCOC(=O)C1C(=O)Nc2nc(-c3nn(Cc4ccccc4F)c4ncccc34)ncc21. The van der Waals surface area contributed by atoms with E-state index in [4.69, 9.17) is 4.74 Å². The van der Waals surface area contributed by atoms with Crippen LogP contribution in [0.4, 0.5) is 10.2 Å². The minimum atomic E-state index is -1.10. The number of benzene rings is 1. The molecule has 1 N–H and O–H groups in total. The normalized spacial score (nSPS) is 14.9. The number of pyridine rings is 1. The second-order valence-corrected chi connectivity index (χ2v) is 7.14. The molecule has 0 saturated heterocycles. The predicted octanol–water partition coefficient (Wildman–Crippen LogP) is 2.67. The molecule has 3 aromatic heterocycles. The number of aromatic nitrogens is 5. The van der Waals surface area contributed by atoms with Crippen molar-refractivity contribution in [2.24, 2.45) is 0 Å². The van der Waals surface area contributed by atoms with E-state index in [1.165, 1.54) is 12.3 Å². The standard InChI is InChI=1S/C22H17FN6O3/c1-2-32-22(31)16-14-10-25-19(26-18(14)27-21(16)30)17-13-7-5-9-24-20(13)29(28-17)11-12-6-3-4-8-15(12)23/h3-10,16H,2,11H2,1H3,(H,25,26,27,30). The van der Waals surface area contributed by atoms with Gasteiger partial charge in [-0.3, -0.25) is 9.59 Å². The molecule has 10 heteroatoms. The molecule has 0 aliphatic carbocycles. The maximum absolute atomic E-state index is 14.2. The fourth-order valence-corrected chi connectivity index (χ4v) is 3.68. The van der Waals surface area contributed by atoms with Gasteiger partial charge in [0.1, 0.15) is 17.3 Å². The molecule has 0 bridgehead atoms. The van der Waals surface area contributed by atoms with Crippen LogP contribution in [0.2, 0.25) is 0 Å². The van der Waals surface area contributed by atoms with Gasteiger partial charge in [-0.2, -0.15) is 5.10 Å². The Morgan fingerprint density at radius 2 is 2.06 bits per heavy atom. The lowest BCUT2D eigenvalue weighted by Gasteiger charge is -2.07. The van der Waals surface area contributed by atoms with E-state index >= 15 is 0 Å². The van der Waals surface area contributed by atoms with Gasteiger partial charge in [-0.25, -0.2) is 24.0 Å². The van der Waals surface area contributed by atoms with Crippen molar-refractivity contribution in [1.82, 2.24) is 24.7 Å². The van der Waals surface area contributed by atoms with Crippen LogP contribution in [0.5, 0.6) is 0 Å². The first-order valence-corrected chi connectivity index (χ1v) is 9.96. The van der Waals surface area contributed by atoms with E-state index in [-0.39, 0.29) is 30.6 Å². The third-order valence-corrected chi connectivity index (χ3v) is 5.15. The van der Waals surface area contributed by atoms with Crippen LogP contribution in [-0.4, -0.2) is 43.2 Å². The number of rotatable bonds is 5. The fraction of sp³-hybridized carbons (Fsp3) is 0.182. The lowest BCUT2D eigenvalue weighted by molar-refractivity contribution is -0.147. The minimum absolute atomic E-state index is 0.162.